The normalized spacial score (nSPS) is 19.9. The lowest BCUT2D eigenvalue weighted by Gasteiger charge is -2.33. The van der Waals surface area contributed by atoms with Crippen molar-refractivity contribution in [1.82, 2.24) is 10.2 Å². The van der Waals surface area contributed by atoms with Gasteiger partial charge < -0.3 is 29.2 Å². The zero-order chi connectivity index (χ0) is 15.4. The van der Waals surface area contributed by atoms with Gasteiger partial charge in [0, 0.05) is 12.6 Å². The van der Waals surface area contributed by atoms with E-state index in [2.05, 4.69) is 5.32 Å². The number of benzene rings is 1. The molecule has 0 bridgehead atoms. The van der Waals surface area contributed by atoms with Crippen molar-refractivity contribution in [3.63, 3.8) is 0 Å². The number of carbonyl (C=O) groups is 1. The summed E-state index contributed by atoms with van der Waals surface area (Å²) in [4.78, 5) is 13.8. The van der Waals surface area contributed by atoms with Gasteiger partial charge in [-0.25, -0.2) is 4.79 Å². The highest BCUT2D eigenvalue weighted by Crippen LogP contribution is 2.34. The third-order valence-electron chi connectivity index (χ3n) is 3.62. The lowest BCUT2D eigenvalue weighted by Crippen LogP contribution is -2.51. The van der Waals surface area contributed by atoms with Crippen molar-refractivity contribution in [2.24, 2.45) is 0 Å². The van der Waals surface area contributed by atoms with E-state index in [0.717, 1.165) is 5.75 Å². The smallest absolute Gasteiger partial charge is 0.317 e. The van der Waals surface area contributed by atoms with Gasteiger partial charge >= 0.3 is 6.03 Å². The Morgan fingerprint density at radius 2 is 2.27 bits per heavy atom. The first-order chi connectivity index (χ1) is 10.7. The molecule has 1 saturated heterocycles. The van der Waals surface area contributed by atoms with E-state index in [1.165, 1.54) is 0 Å². The summed E-state index contributed by atoms with van der Waals surface area (Å²) in [5.41, 5.74) is 0. The van der Waals surface area contributed by atoms with Crippen LogP contribution in [-0.2, 0) is 4.74 Å². The average Bonchev–Trinajstić information content (AvgIpc) is 2.99. The SMILES string of the molecule is C[C@@H]1COCCN1C(=O)NCCOc1ccc2c(c1)OCO2. The van der Waals surface area contributed by atoms with Crippen LogP contribution in [0, 0.1) is 0 Å². The molecule has 1 aromatic carbocycles. The maximum Gasteiger partial charge on any atom is 0.317 e. The molecule has 0 saturated carbocycles. The molecule has 0 spiro atoms. The molecule has 22 heavy (non-hydrogen) atoms. The van der Waals surface area contributed by atoms with Crippen molar-refractivity contribution in [2.75, 3.05) is 39.7 Å². The minimum Gasteiger partial charge on any atom is -0.492 e. The Morgan fingerprint density at radius 3 is 3.14 bits per heavy atom. The quantitative estimate of drug-likeness (QED) is 0.847. The van der Waals surface area contributed by atoms with E-state index < -0.39 is 0 Å². The van der Waals surface area contributed by atoms with Crippen molar-refractivity contribution in [3.8, 4) is 17.2 Å². The summed E-state index contributed by atoms with van der Waals surface area (Å²) in [6.45, 7) is 4.85. The topological polar surface area (TPSA) is 69.3 Å². The third-order valence-corrected chi connectivity index (χ3v) is 3.62. The number of nitrogens with zero attached hydrogens (tertiary/aromatic N) is 1. The molecule has 2 amide bonds. The second kappa shape index (κ2) is 6.74. The van der Waals surface area contributed by atoms with Crippen molar-refractivity contribution in [1.29, 1.82) is 0 Å². The molecule has 1 N–H and O–H groups in total. The van der Waals surface area contributed by atoms with Gasteiger partial charge in [0.1, 0.15) is 12.4 Å². The molecule has 1 atom stereocenters. The molecule has 2 aliphatic rings. The van der Waals surface area contributed by atoms with Gasteiger partial charge in [-0.2, -0.15) is 0 Å². The Hall–Kier alpha value is -2.15. The summed E-state index contributed by atoms with van der Waals surface area (Å²) < 4.78 is 21.4. The van der Waals surface area contributed by atoms with Crippen molar-refractivity contribution in [2.45, 2.75) is 13.0 Å². The average molecular weight is 308 g/mol. The molecule has 7 nitrogen and oxygen atoms in total. The second-order valence-corrected chi connectivity index (χ2v) is 5.21. The van der Waals surface area contributed by atoms with Gasteiger partial charge in [0.25, 0.3) is 0 Å². The lowest BCUT2D eigenvalue weighted by atomic mass is 10.3. The highest BCUT2D eigenvalue weighted by Gasteiger charge is 2.23. The predicted octanol–water partition coefficient (Wildman–Crippen LogP) is 1.22. The summed E-state index contributed by atoms with van der Waals surface area (Å²) in [6.07, 6.45) is 0. The number of hydrogen-bond acceptors (Lipinski definition) is 5. The zero-order valence-electron chi connectivity index (χ0n) is 12.5. The van der Waals surface area contributed by atoms with E-state index in [9.17, 15) is 4.79 Å². The standard InChI is InChI=1S/C15H20N2O5/c1-11-9-19-7-5-17(11)15(18)16-4-6-20-12-2-3-13-14(8-12)22-10-21-13/h2-3,8,11H,4-7,9-10H2,1H3,(H,16,18)/t11-/m1/s1. The minimum absolute atomic E-state index is 0.0786. The van der Waals surface area contributed by atoms with Gasteiger partial charge in [-0.05, 0) is 19.1 Å². The summed E-state index contributed by atoms with van der Waals surface area (Å²) in [7, 11) is 0. The Kier molecular flexibility index (Phi) is 4.53. The van der Waals surface area contributed by atoms with Gasteiger partial charge in [0.2, 0.25) is 6.79 Å². The molecule has 0 radical (unpaired) electrons. The van der Waals surface area contributed by atoms with Crippen LogP contribution in [0.4, 0.5) is 4.79 Å². The van der Waals surface area contributed by atoms with Crippen LogP contribution in [0.1, 0.15) is 6.92 Å². The Bertz CT molecular complexity index is 537. The molecule has 120 valence electrons. The number of morpholine rings is 1. The molecule has 0 aliphatic carbocycles. The van der Waals surface area contributed by atoms with Crippen molar-refractivity contribution < 1.29 is 23.7 Å². The number of amides is 2. The van der Waals surface area contributed by atoms with E-state index in [-0.39, 0.29) is 18.9 Å². The highest BCUT2D eigenvalue weighted by atomic mass is 16.7. The maximum absolute atomic E-state index is 12.0. The van der Waals surface area contributed by atoms with E-state index in [4.69, 9.17) is 18.9 Å². The molecule has 3 rings (SSSR count). The Morgan fingerprint density at radius 1 is 1.41 bits per heavy atom. The molecule has 1 aromatic rings. The number of nitrogens with one attached hydrogen (secondary N) is 1. The van der Waals surface area contributed by atoms with Gasteiger partial charge in [0.15, 0.2) is 11.5 Å². The van der Waals surface area contributed by atoms with Crippen LogP contribution < -0.4 is 19.5 Å². The number of rotatable bonds is 4. The van der Waals surface area contributed by atoms with Crippen LogP contribution in [0.25, 0.3) is 0 Å². The first-order valence-corrected chi connectivity index (χ1v) is 7.39. The first-order valence-electron chi connectivity index (χ1n) is 7.39. The molecule has 2 heterocycles. The molecule has 2 aliphatic heterocycles. The van der Waals surface area contributed by atoms with Crippen LogP contribution in [-0.4, -0.2) is 56.7 Å². The summed E-state index contributed by atoms with van der Waals surface area (Å²) in [6, 6.07) is 5.44. The lowest BCUT2D eigenvalue weighted by molar-refractivity contribution is 0.0189. The fourth-order valence-electron chi connectivity index (χ4n) is 2.42. The van der Waals surface area contributed by atoms with Crippen LogP contribution in [0.15, 0.2) is 18.2 Å². The van der Waals surface area contributed by atoms with Gasteiger partial charge in [-0.15, -0.1) is 0 Å². The second-order valence-electron chi connectivity index (χ2n) is 5.21. The Labute approximate surface area is 129 Å². The van der Waals surface area contributed by atoms with Gasteiger partial charge in [-0.1, -0.05) is 0 Å². The number of hydrogen-bond donors (Lipinski definition) is 1. The number of carbonyl (C=O) groups excluding carboxylic acids is 1. The van der Waals surface area contributed by atoms with E-state index in [1.807, 2.05) is 19.1 Å². The molecule has 1 fully saturated rings. The third kappa shape index (κ3) is 3.36. The molecule has 0 aromatic heterocycles. The zero-order valence-corrected chi connectivity index (χ0v) is 12.5. The number of urea groups is 1. The fourth-order valence-corrected chi connectivity index (χ4v) is 2.42. The van der Waals surface area contributed by atoms with Crippen LogP contribution in [0.5, 0.6) is 17.2 Å². The Balaban J connectivity index is 1.41. The number of ether oxygens (including phenoxy) is 4. The van der Waals surface area contributed by atoms with E-state index >= 15 is 0 Å². The maximum atomic E-state index is 12.0. The molecular weight excluding hydrogens is 288 g/mol. The van der Waals surface area contributed by atoms with Crippen molar-refractivity contribution >= 4 is 6.03 Å². The van der Waals surface area contributed by atoms with Crippen LogP contribution in [0.3, 0.4) is 0 Å². The predicted molar refractivity (Wildman–Crippen MR) is 78.4 cm³/mol. The molecule has 7 heteroatoms. The summed E-state index contributed by atoms with van der Waals surface area (Å²) >= 11 is 0. The molecule has 0 unspecified atom stereocenters. The van der Waals surface area contributed by atoms with E-state index in [0.29, 0.717) is 44.4 Å². The van der Waals surface area contributed by atoms with E-state index in [1.54, 1.807) is 11.0 Å². The van der Waals surface area contributed by atoms with Gasteiger partial charge in [0.05, 0.1) is 25.8 Å². The largest absolute Gasteiger partial charge is 0.492 e. The molecular formula is C15H20N2O5. The van der Waals surface area contributed by atoms with Gasteiger partial charge in [-0.3, -0.25) is 0 Å². The first kappa shape index (κ1) is 14.8. The monoisotopic (exact) mass is 308 g/mol. The van der Waals surface area contributed by atoms with Crippen LogP contribution >= 0.6 is 0 Å². The number of fused-ring (bicyclic) bond motifs is 1. The van der Waals surface area contributed by atoms with Crippen LogP contribution in [0.2, 0.25) is 0 Å². The van der Waals surface area contributed by atoms with Crippen molar-refractivity contribution in [3.05, 3.63) is 18.2 Å². The summed E-state index contributed by atoms with van der Waals surface area (Å²) in [5.74, 6) is 2.10. The fraction of sp³-hybridized carbons (Fsp3) is 0.533. The summed E-state index contributed by atoms with van der Waals surface area (Å²) in [5, 5.41) is 2.86. The minimum atomic E-state index is -0.0786. The highest BCUT2D eigenvalue weighted by molar-refractivity contribution is 5.74.